The Morgan fingerprint density at radius 3 is 2.45 bits per heavy atom. The third kappa shape index (κ3) is 6.42. The molecule has 0 radical (unpaired) electrons. The number of anilines is 1. The first kappa shape index (κ1) is 22.0. The molecule has 162 valence electrons. The molecule has 0 heterocycles. The van der Waals surface area contributed by atoms with E-state index >= 15 is 0 Å². The lowest BCUT2D eigenvalue weighted by Crippen LogP contribution is -2.37. The highest BCUT2D eigenvalue weighted by molar-refractivity contribution is 5.84. The maximum absolute atomic E-state index is 12.2. The van der Waals surface area contributed by atoms with Crippen LogP contribution in [0.3, 0.4) is 0 Å². The summed E-state index contributed by atoms with van der Waals surface area (Å²) in [6.07, 6.45) is 0. The highest BCUT2D eigenvalue weighted by Crippen LogP contribution is 2.22. The first-order valence-corrected chi connectivity index (χ1v) is 9.95. The number of nitro benzene ring substituents is 1. The van der Waals surface area contributed by atoms with E-state index in [2.05, 4.69) is 28.8 Å². The molecule has 8 heteroatoms. The van der Waals surface area contributed by atoms with Gasteiger partial charge < -0.3 is 15.4 Å². The van der Waals surface area contributed by atoms with Crippen molar-refractivity contribution in [1.29, 1.82) is 0 Å². The van der Waals surface area contributed by atoms with Gasteiger partial charge in [-0.05, 0) is 53.7 Å². The van der Waals surface area contributed by atoms with E-state index in [-0.39, 0.29) is 18.1 Å². The van der Waals surface area contributed by atoms with Crippen LogP contribution in [0.2, 0.25) is 0 Å². The van der Waals surface area contributed by atoms with E-state index in [1.165, 1.54) is 12.1 Å². The first-order valence-electron chi connectivity index (χ1n) is 9.95. The van der Waals surface area contributed by atoms with Gasteiger partial charge in [-0.2, -0.15) is 0 Å². The third-order valence-corrected chi connectivity index (χ3v) is 4.83. The normalized spacial score (nSPS) is 10.8. The van der Waals surface area contributed by atoms with Crippen molar-refractivity contribution >= 4 is 28.1 Å². The summed E-state index contributed by atoms with van der Waals surface area (Å²) in [7, 11) is 3.56. The van der Waals surface area contributed by atoms with Crippen LogP contribution in [0.15, 0.2) is 60.7 Å². The van der Waals surface area contributed by atoms with Gasteiger partial charge in [-0.15, -0.1) is 0 Å². The Labute approximate surface area is 181 Å². The summed E-state index contributed by atoms with van der Waals surface area (Å²) in [4.78, 5) is 24.4. The molecule has 0 spiro atoms. The maximum atomic E-state index is 12.2. The molecule has 8 nitrogen and oxygen atoms in total. The van der Waals surface area contributed by atoms with Gasteiger partial charge in [-0.1, -0.05) is 18.2 Å². The Kier molecular flexibility index (Phi) is 7.40. The number of carbonyl (C=O) groups excluding carboxylic acids is 1. The van der Waals surface area contributed by atoms with Gasteiger partial charge in [0, 0.05) is 37.5 Å². The number of likely N-dealkylation sites (N-methyl/N-ethyl adjacent to an activating group) is 1. The van der Waals surface area contributed by atoms with Crippen LogP contribution in [0, 0.1) is 10.1 Å². The Morgan fingerprint density at radius 2 is 1.74 bits per heavy atom. The smallest absolute Gasteiger partial charge is 0.269 e. The number of fused-ring (bicyclic) bond motifs is 1. The summed E-state index contributed by atoms with van der Waals surface area (Å²) in [5.74, 6) is 0.774. The van der Waals surface area contributed by atoms with E-state index in [9.17, 15) is 14.9 Å². The summed E-state index contributed by atoms with van der Waals surface area (Å²) in [6.45, 7) is 1.94. The monoisotopic (exact) mass is 422 g/mol. The highest BCUT2D eigenvalue weighted by atomic mass is 16.6. The zero-order chi connectivity index (χ0) is 22.2. The summed E-state index contributed by atoms with van der Waals surface area (Å²) in [6, 6.07) is 18.4. The van der Waals surface area contributed by atoms with E-state index in [1.807, 2.05) is 30.1 Å². The SMILES string of the molecule is COc1ccc2cc(CN(C)CC(=O)NCCNc3ccc([N+](=O)[O-])cc3)ccc2c1. The minimum absolute atomic E-state index is 0.0491. The predicted octanol–water partition coefficient (Wildman–Crippen LogP) is 3.42. The molecule has 3 aromatic rings. The minimum atomic E-state index is -0.435. The summed E-state index contributed by atoms with van der Waals surface area (Å²) in [5, 5.41) is 18.9. The third-order valence-electron chi connectivity index (χ3n) is 4.83. The zero-order valence-corrected chi connectivity index (χ0v) is 17.6. The second kappa shape index (κ2) is 10.4. The molecule has 0 aliphatic rings. The molecular weight excluding hydrogens is 396 g/mol. The molecule has 3 rings (SSSR count). The molecule has 0 aliphatic heterocycles. The summed E-state index contributed by atoms with van der Waals surface area (Å²) in [5.41, 5.74) is 1.95. The molecule has 1 amide bonds. The van der Waals surface area contributed by atoms with Crippen molar-refractivity contribution in [3.05, 3.63) is 76.3 Å². The molecule has 0 unspecified atom stereocenters. The number of rotatable bonds is 10. The quantitative estimate of drug-likeness (QED) is 0.295. The van der Waals surface area contributed by atoms with Crippen LogP contribution in [0.25, 0.3) is 10.8 Å². The van der Waals surface area contributed by atoms with Crippen LogP contribution >= 0.6 is 0 Å². The number of hydrogen-bond donors (Lipinski definition) is 2. The van der Waals surface area contributed by atoms with Gasteiger partial charge in [-0.3, -0.25) is 19.8 Å². The number of carbonyl (C=O) groups is 1. The lowest BCUT2D eigenvalue weighted by Gasteiger charge is -2.17. The molecule has 2 N–H and O–H groups in total. The van der Waals surface area contributed by atoms with Gasteiger partial charge in [0.15, 0.2) is 0 Å². The Balaban J connectivity index is 1.41. The number of hydrogen-bond acceptors (Lipinski definition) is 6. The maximum Gasteiger partial charge on any atom is 0.269 e. The fraction of sp³-hybridized carbons (Fsp3) is 0.261. The van der Waals surface area contributed by atoms with Crippen molar-refractivity contribution in [2.24, 2.45) is 0 Å². The largest absolute Gasteiger partial charge is 0.497 e. The number of amides is 1. The molecule has 0 aromatic heterocycles. The van der Waals surface area contributed by atoms with Crippen molar-refractivity contribution in [1.82, 2.24) is 10.2 Å². The lowest BCUT2D eigenvalue weighted by atomic mass is 10.1. The van der Waals surface area contributed by atoms with Gasteiger partial charge in [-0.25, -0.2) is 0 Å². The van der Waals surface area contributed by atoms with Crippen LogP contribution in [0.1, 0.15) is 5.56 Å². The molecule has 0 atom stereocenters. The zero-order valence-electron chi connectivity index (χ0n) is 17.6. The summed E-state index contributed by atoms with van der Waals surface area (Å²) >= 11 is 0. The van der Waals surface area contributed by atoms with Crippen molar-refractivity contribution < 1.29 is 14.5 Å². The molecule has 0 fully saturated rings. The molecule has 0 bridgehead atoms. The fourth-order valence-corrected chi connectivity index (χ4v) is 3.28. The van der Waals surface area contributed by atoms with Crippen LogP contribution < -0.4 is 15.4 Å². The molecule has 0 saturated heterocycles. The molecule has 0 aliphatic carbocycles. The van der Waals surface area contributed by atoms with Crippen molar-refractivity contribution in [2.45, 2.75) is 6.54 Å². The predicted molar refractivity (Wildman–Crippen MR) is 121 cm³/mol. The van der Waals surface area contributed by atoms with Crippen LogP contribution in [0.5, 0.6) is 5.75 Å². The van der Waals surface area contributed by atoms with Gasteiger partial charge in [0.2, 0.25) is 5.91 Å². The number of non-ortho nitro benzene ring substituents is 1. The van der Waals surface area contributed by atoms with Crippen LogP contribution in [0.4, 0.5) is 11.4 Å². The van der Waals surface area contributed by atoms with E-state index in [0.29, 0.717) is 19.6 Å². The Bertz CT molecular complexity index is 1050. The molecule has 0 saturated carbocycles. The summed E-state index contributed by atoms with van der Waals surface area (Å²) < 4.78 is 5.26. The fourth-order valence-electron chi connectivity index (χ4n) is 3.28. The number of benzene rings is 3. The standard InChI is InChI=1S/C23H26N4O4/c1-26(15-17-3-4-19-14-22(31-2)10-5-18(19)13-17)16-23(28)25-12-11-24-20-6-8-21(9-7-20)27(29)30/h3-10,13-14,24H,11-12,15-16H2,1-2H3,(H,25,28). The van der Waals surface area contributed by atoms with E-state index in [1.54, 1.807) is 19.2 Å². The Hall–Kier alpha value is -3.65. The second-order valence-electron chi connectivity index (χ2n) is 7.30. The number of ether oxygens (including phenoxy) is 1. The topological polar surface area (TPSA) is 96.7 Å². The van der Waals surface area contributed by atoms with Gasteiger partial charge in [0.05, 0.1) is 18.6 Å². The van der Waals surface area contributed by atoms with Gasteiger partial charge in [0.25, 0.3) is 5.69 Å². The second-order valence-corrected chi connectivity index (χ2v) is 7.30. The van der Waals surface area contributed by atoms with Crippen molar-refractivity contribution in [3.63, 3.8) is 0 Å². The van der Waals surface area contributed by atoms with E-state index in [4.69, 9.17) is 4.74 Å². The minimum Gasteiger partial charge on any atom is -0.497 e. The van der Waals surface area contributed by atoms with Crippen molar-refractivity contribution in [3.8, 4) is 5.75 Å². The molecular formula is C23H26N4O4. The molecule has 31 heavy (non-hydrogen) atoms. The number of nitrogens with one attached hydrogen (secondary N) is 2. The lowest BCUT2D eigenvalue weighted by molar-refractivity contribution is -0.384. The van der Waals surface area contributed by atoms with Gasteiger partial charge in [0.1, 0.15) is 5.75 Å². The molecule has 3 aromatic carbocycles. The first-order chi connectivity index (χ1) is 14.9. The van der Waals surface area contributed by atoms with Crippen LogP contribution in [-0.2, 0) is 11.3 Å². The average Bonchev–Trinajstić information content (AvgIpc) is 2.76. The number of nitrogens with zero attached hydrogens (tertiary/aromatic N) is 2. The average molecular weight is 422 g/mol. The van der Waals surface area contributed by atoms with E-state index < -0.39 is 4.92 Å². The van der Waals surface area contributed by atoms with Crippen molar-refractivity contribution in [2.75, 3.05) is 39.1 Å². The Morgan fingerprint density at radius 1 is 1.03 bits per heavy atom. The number of methoxy groups -OCH3 is 1. The number of nitro groups is 1. The van der Waals surface area contributed by atoms with Gasteiger partial charge >= 0.3 is 0 Å². The van der Waals surface area contributed by atoms with E-state index in [0.717, 1.165) is 27.8 Å². The highest BCUT2D eigenvalue weighted by Gasteiger charge is 2.08. The van der Waals surface area contributed by atoms with Crippen LogP contribution in [-0.4, -0.2) is 49.5 Å².